The van der Waals surface area contributed by atoms with E-state index < -0.39 is 9.84 Å². The molecule has 3 aromatic rings. The van der Waals surface area contributed by atoms with Gasteiger partial charge in [-0.05, 0) is 42.8 Å². The van der Waals surface area contributed by atoms with Crippen LogP contribution < -0.4 is 10.6 Å². The van der Waals surface area contributed by atoms with Crippen LogP contribution in [-0.4, -0.2) is 8.42 Å². The van der Waals surface area contributed by atoms with Crippen molar-refractivity contribution in [1.82, 2.24) is 0 Å². The molecule has 0 aromatic heterocycles. The molecule has 0 fully saturated rings. The number of para-hydroxylation sites is 2. The molecule has 0 aliphatic carbocycles. The predicted molar refractivity (Wildman–Crippen MR) is 107 cm³/mol. The summed E-state index contributed by atoms with van der Waals surface area (Å²) in [6.07, 6.45) is 0. The molecule has 26 heavy (non-hydrogen) atoms. The van der Waals surface area contributed by atoms with Gasteiger partial charge in [-0.25, -0.2) is 8.42 Å². The molecule has 0 spiro atoms. The number of benzene rings is 3. The van der Waals surface area contributed by atoms with Crippen molar-refractivity contribution in [2.24, 2.45) is 0 Å². The fraction of sp³-hybridized carbons (Fsp3) is 0.0476. The highest BCUT2D eigenvalue weighted by Crippen LogP contribution is 2.20. The number of anilines is 2. The maximum atomic E-state index is 12.9. The lowest BCUT2D eigenvalue weighted by molar-refractivity contribution is 0.604. The Morgan fingerprint density at radius 1 is 0.731 bits per heavy atom. The van der Waals surface area contributed by atoms with Gasteiger partial charge >= 0.3 is 0 Å². The smallest absolute Gasteiger partial charge is 0.203 e. The Kier molecular flexibility index (Phi) is 5.39. The molecule has 132 valence electrons. The standard InChI is InChI=1S/C21H20N2O2S/c1-17-10-8-9-15-20(17)26(24,25)16-21(22-18-11-4-2-5-12-18)23-19-13-6-3-7-14-19/h2-16,22-23H,1H3. The van der Waals surface area contributed by atoms with Crippen LogP contribution in [0.1, 0.15) is 5.56 Å². The molecule has 0 aliphatic rings. The molecule has 0 saturated carbocycles. The van der Waals surface area contributed by atoms with Crippen molar-refractivity contribution in [3.8, 4) is 0 Å². The molecule has 2 N–H and O–H groups in total. The van der Waals surface area contributed by atoms with Gasteiger partial charge in [-0.1, -0.05) is 54.6 Å². The number of sulfone groups is 1. The van der Waals surface area contributed by atoms with Gasteiger partial charge in [-0.15, -0.1) is 0 Å². The SMILES string of the molecule is Cc1ccccc1S(=O)(=O)C=C(Nc1ccccc1)Nc1ccccc1. The summed E-state index contributed by atoms with van der Waals surface area (Å²) in [5.41, 5.74) is 2.30. The number of aryl methyl sites for hydroxylation is 1. The minimum atomic E-state index is -3.62. The van der Waals surface area contributed by atoms with E-state index in [0.29, 0.717) is 16.3 Å². The zero-order valence-corrected chi connectivity index (χ0v) is 15.2. The van der Waals surface area contributed by atoms with Crippen molar-refractivity contribution in [1.29, 1.82) is 0 Å². The summed E-state index contributed by atoms with van der Waals surface area (Å²) >= 11 is 0. The first-order valence-electron chi connectivity index (χ1n) is 8.21. The second kappa shape index (κ2) is 7.89. The molecule has 5 heteroatoms. The van der Waals surface area contributed by atoms with E-state index in [1.165, 1.54) is 5.41 Å². The van der Waals surface area contributed by atoms with E-state index in [1.807, 2.05) is 66.7 Å². The third-order valence-electron chi connectivity index (χ3n) is 3.78. The summed E-state index contributed by atoms with van der Waals surface area (Å²) in [7, 11) is -3.62. The molecule has 0 amide bonds. The van der Waals surface area contributed by atoms with Crippen LogP contribution >= 0.6 is 0 Å². The summed E-state index contributed by atoms with van der Waals surface area (Å²) in [5.74, 6) is 0.380. The lowest BCUT2D eigenvalue weighted by Crippen LogP contribution is -2.13. The van der Waals surface area contributed by atoms with E-state index in [4.69, 9.17) is 0 Å². The molecule has 3 aromatic carbocycles. The first kappa shape index (κ1) is 17.8. The average molecular weight is 364 g/mol. The second-order valence-electron chi connectivity index (χ2n) is 5.82. The van der Waals surface area contributed by atoms with Gasteiger partial charge in [0.2, 0.25) is 9.84 Å². The van der Waals surface area contributed by atoms with Gasteiger partial charge in [0.05, 0.1) is 10.3 Å². The second-order valence-corrected chi connectivity index (χ2v) is 7.59. The predicted octanol–water partition coefficient (Wildman–Crippen LogP) is 4.79. The zero-order chi connectivity index (χ0) is 18.4. The van der Waals surface area contributed by atoms with Crippen LogP contribution in [0.3, 0.4) is 0 Å². The Labute approximate surface area is 154 Å². The Morgan fingerprint density at radius 2 is 1.19 bits per heavy atom. The van der Waals surface area contributed by atoms with Crippen molar-refractivity contribution in [3.63, 3.8) is 0 Å². The molecule has 0 unspecified atom stereocenters. The highest BCUT2D eigenvalue weighted by molar-refractivity contribution is 7.94. The third kappa shape index (κ3) is 4.52. The molecule has 0 saturated heterocycles. The van der Waals surface area contributed by atoms with Crippen molar-refractivity contribution < 1.29 is 8.42 Å². The number of rotatable bonds is 6. The van der Waals surface area contributed by atoms with Gasteiger partial charge in [0.25, 0.3) is 0 Å². The molecule has 0 radical (unpaired) electrons. The number of nitrogens with one attached hydrogen (secondary N) is 2. The highest BCUT2D eigenvalue weighted by atomic mass is 32.2. The lowest BCUT2D eigenvalue weighted by Gasteiger charge is -2.14. The van der Waals surface area contributed by atoms with Crippen molar-refractivity contribution in [2.75, 3.05) is 10.6 Å². The summed E-state index contributed by atoms with van der Waals surface area (Å²) in [6, 6.07) is 25.8. The number of hydrogen-bond donors (Lipinski definition) is 2. The minimum absolute atomic E-state index is 0.294. The highest BCUT2D eigenvalue weighted by Gasteiger charge is 2.15. The first-order chi connectivity index (χ1) is 12.5. The van der Waals surface area contributed by atoms with Gasteiger partial charge in [-0.3, -0.25) is 0 Å². The molecule has 0 atom stereocenters. The van der Waals surface area contributed by atoms with E-state index in [2.05, 4.69) is 10.6 Å². The van der Waals surface area contributed by atoms with E-state index in [1.54, 1.807) is 25.1 Å². The first-order valence-corrected chi connectivity index (χ1v) is 9.76. The van der Waals surface area contributed by atoms with Crippen LogP contribution in [0.25, 0.3) is 0 Å². The summed E-state index contributed by atoms with van der Waals surface area (Å²) in [6.45, 7) is 1.79. The van der Waals surface area contributed by atoms with Gasteiger partial charge < -0.3 is 10.6 Å². The van der Waals surface area contributed by atoms with Crippen LogP contribution in [0.2, 0.25) is 0 Å². The fourth-order valence-corrected chi connectivity index (χ4v) is 3.88. The zero-order valence-electron chi connectivity index (χ0n) is 14.4. The van der Waals surface area contributed by atoms with Gasteiger partial charge in [0, 0.05) is 11.4 Å². The Bertz CT molecular complexity index is 955. The van der Waals surface area contributed by atoms with Gasteiger partial charge in [-0.2, -0.15) is 0 Å². The minimum Gasteiger partial charge on any atom is -0.341 e. The number of hydrogen-bond acceptors (Lipinski definition) is 4. The monoisotopic (exact) mass is 364 g/mol. The van der Waals surface area contributed by atoms with Gasteiger partial charge in [0.1, 0.15) is 5.82 Å². The third-order valence-corrected chi connectivity index (χ3v) is 5.40. The van der Waals surface area contributed by atoms with Crippen molar-refractivity contribution in [3.05, 3.63) is 102 Å². The average Bonchev–Trinajstić information content (AvgIpc) is 2.63. The van der Waals surface area contributed by atoms with Crippen LogP contribution in [-0.2, 0) is 9.84 Å². The Hall–Kier alpha value is -3.05. The van der Waals surface area contributed by atoms with E-state index >= 15 is 0 Å². The molecule has 0 aliphatic heterocycles. The maximum absolute atomic E-state index is 12.9. The van der Waals surface area contributed by atoms with Crippen molar-refractivity contribution in [2.45, 2.75) is 11.8 Å². The maximum Gasteiger partial charge on any atom is 0.203 e. The van der Waals surface area contributed by atoms with Crippen LogP contribution in [0.5, 0.6) is 0 Å². The summed E-state index contributed by atoms with van der Waals surface area (Å²) in [5, 5.41) is 7.52. The van der Waals surface area contributed by atoms with Crippen molar-refractivity contribution >= 4 is 21.2 Å². The summed E-state index contributed by atoms with van der Waals surface area (Å²) < 4.78 is 25.8. The molecular formula is C21H20N2O2S. The lowest BCUT2D eigenvalue weighted by atomic mass is 10.2. The summed E-state index contributed by atoms with van der Waals surface area (Å²) in [4.78, 5) is 0.294. The Morgan fingerprint density at radius 3 is 1.69 bits per heavy atom. The van der Waals surface area contributed by atoms with E-state index in [9.17, 15) is 8.42 Å². The molecular weight excluding hydrogens is 344 g/mol. The van der Waals surface area contributed by atoms with Gasteiger partial charge in [0.15, 0.2) is 0 Å². The Balaban J connectivity index is 1.98. The molecule has 0 bridgehead atoms. The normalized spacial score (nSPS) is 10.8. The van der Waals surface area contributed by atoms with Crippen LogP contribution in [0.15, 0.2) is 101 Å². The van der Waals surface area contributed by atoms with E-state index in [-0.39, 0.29) is 0 Å². The molecule has 4 nitrogen and oxygen atoms in total. The fourth-order valence-electron chi connectivity index (χ4n) is 2.54. The quantitative estimate of drug-likeness (QED) is 0.660. The molecule has 0 heterocycles. The van der Waals surface area contributed by atoms with Crippen LogP contribution in [0, 0.1) is 6.92 Å². The van der Waals surface area contributed by atoms with E-state index in [0.717, 1.165) is 11.4 Å². The van der Waals surface area contributed by atoms with Crippen LogP contribution in [0.4, 0.5) is 11.4 Å². The molecule has 3 rings (SSSR count). The largest absolute Gasteiger partial charge is 0.341 e. The topological polar surface area (TPSA) is 58.2 Å².